The first-order valence-electron chi connectivity index (χ1n) is 13.1. The Labute approximate surface area is 226 Å². The predicted octanol–water partition coefficient (Wildman–Crippen LogP) is 4.81. The maximum atomic E-state index is 14.2. The highest BCUT2D eigenvalue weighted by molar-refractivity contribution is 5.93. The van der Waals surface area contributed by atoms with Gasteiger partial charge >= 0.3 is 6.09 Å². The second-order valence-corrected chi connectivity index (χ2v) is 11.2. The minimum absolute atomic E-state index is 0.164. The lowest BCUT2D eigenvalue weighted by molar-refractivity contribution is -0.144. The van der Waals surface area contributed by atoms with E-state index < -0.39 is 23.8 Å². The Balaban J connectivity index is 2.01. The SMILES string of the molecule is C#Cc1ccccc1C(C(=O)NCc1ccccc1)N(C(=O)C(NC(=O)OC(C)(C)C)C(C)C)C1CC1C. The van der Waals surface area contributed by atoms with Crippen molar-refractivity contribution in [2.75, 3.05) is 0 Å². The van der Waals surface area contributed by atoms with Crippen LogP contribution in [-0.2, 0) is 20.9 Å². The zero-order valence-electron chi connectivity index (χ0n) is 23.2. The number of nitrogens with one attached hydrogen (secondary N) is 2. The number of amides is 3. The summed E-state index contributed by atoms with van der Waals surface area (Å²) in [7, 11) is 0. The second kappa shape index (κ2) is 12.2. The molecule has 0 heterocycles. The fraction of sp³-hybridized carbons (Fsp3) is 0.452. The summed E-state index contributed by atoms with van der Waals surface area (Å²) >= 11 is 0. The molecule has 3 rings (SSSR count). The van der Waals surface area contributed by atoms with Gasteiger partial charge in [-0.25, -0.2) is 4.79 Å². The van der Waals surface area contributed by atoms with Crippen LogP contribution in [-0.4, -0.2) is 40.5 Å². The number of carbonyl (C=O) groups is 3. The van der Waals surface area contributed by atoms with Crippen LogP contribution in [0.15, 0.2) is 54.6 Å². The molecule has 202 valence electrons. The van der Waals surface area contributed by atoms with Gasteiger partial charge in [-0.3, -0.25) is 9.59 Å². The quantitative estimate of drug-likeness (QED) is 0.467. The van der Waals surface area contributed by atoms with Crippen molar-refractivity contribution in [3.05, 3.63) is 71.3 Å². The molecule has 38 heavy (non-hydrogen) atoms. The molecule has 1 fully saturated rings. The molecule has 2 aromatic rings. The summed E-state index contributed by atoms with van der Waals surface area (Å²) in [6, 6.07) is 14.7. The van der Waals surface area contributed by atoms with Gasteiger partial charge in [0.25, 0.3) is 0 Å². The number of hydrogen-bond donors (Lipinski definition) is 2. The van der Waals surface area contributed by atoms with Crippen molar-refractivity contribution in [1.82, 2.24) is 15.5 Å². The van der Waals surface area contributed by atoms with E-state index in [1.54, 1.807) is 37.8 Å². The zero-order chi connectivity index (χ0) is 28.0. The lowest BCUT2D eigenvalue weighted by atomic mass is 9.95. The lowest BCUT2D eigenvalue weighted by Gasteiger charge is -2.36. The molecule has 4 atom stereocenters. The predicted molar refractivity (Wildman–Crippen MR) is 148 cm³/mol. The van der Waals surface area contributed by atoms with Crippen LogP contribution in [0.5, 0.6) is 0 Å². The summed E-state index contributed by atoms with van der Waals surface area (Å²) in [6.45, 7) is 11.4. The Morgan fingerprint density at radius 1 is 1.08 bits per heavy atom. The van der Waals surface area contributed by atoms with Crippen molar-refractivity contribution >= 4 is 17.9 Å². The first kappa shape index (κ1) is 28.8. The van der Waals surface area contributed by atoms with Crippen molar-refractivity contribution in [2.45, 2.75) is 78.2 Å². The molecule has 3 amide bonds. The van der Waals surface area contributed by atoms with Crippen LogP contribution in [0.25, 0.3) is 0 Å². The largest absolute Gasteiger partial charge is 0.444 e. The van der Waals surface area contributed by atoms with Crippen molar-refractivity contribution < 1.29 is 19.1 Å². The van der Waals surface area contributed by atoms with E-state index in [1.165, 1.54) is 0 Å². The first-order valence-corrected chi connectivity index (χ1v) is 13.1. The Hall–Kier alpha value is -3.79. The number of rotatable bonds is 9. The van der Waals surface area contributed by atoms with E-state index in [1.807, 2.05) is 63.2 Å². The molecule has 7 nitrogen and oxygen atoms in total. The highest BCUT2D eigenvalue weighted by atomic mass is 16.6. The first-order chi connectivity index (χ1) is 17.9. The Morgan fingerprint density at radius 2 is 1.68 bits per heavy atom. The van der Waals surface area contributed by atoms with Gasteiger partial charge < -0.3 is 20.3 Å². The number of terminal acetylenes is 1. The van der Waals surface area contributed by atoms with Gasteiger partial charge in [0.2, 0.25) is 11.8 Å². The number of ether oxygens (including phenoxy) is 1. The third-order valence-electron chi connectivity index (χ3n) is 6.53. The summed E-state index contributed by atoms with van der Waals surface area (Å²) < 4.78 is 5.44. The number of hydrogen-bond acceptors (Lipinski definition) is 4. The van der Waals surface area contributed by atoms with E-state index in [2.05, 4.69) is 16.6 Å². The highest BCUT2D eigenvalue weighted by Gasteiger charge is 2.49. The van der Waals surface area contributed by atoms with Crippen LogP contribution >= 0.6 is 0 Å². The molecular formula is C31H39N3O4. The average molecular weight is 518 g/mol. The van der Waals surface area contributed by atoms with Crippen molar-refractivity contribution in [3.8, 4) is 12.3 Å². The van der Waals surface area contributed by atoms with Crippen LogP contribution in [0.1, 0.15) is 70.7 Å². The van der Waals surface area contributed by atoms with E-state index in [4.69, 9.17) is 11.2 Å². The van der Waals surface area contributed by atoms with Crippen molar-refractivity contribution in [3.63, 3.8) is 0 Å². The molecule has 7 heteroatoms. The molecule has 1 saturated carbocycles. The molecule has 0 aromatic heterocycles. The molecule has 1 aliphatic carbocycles. The number of benzene rings is 2. The van der Waals surface area contributed by atoms with Crippen LogP contribution < -0.4 is 10.6 Å². The van der Waals surface area contributed by atoms with Crippen molar-refractivity contribution in [1.29, 1.82) is 0 Å². The molecule has 2 N–H and O–H groups in total. The van der Waals surface area contributed by atoms with Gasteiger partial charge in [-0.15, -0.1) is 6.42 Å². The highest BCUT2D eigenvalue weighted by Crippen LogP contribution is 2.41. The summed E-state index contributed by atoms with van der Waals surface area (Å²) in [5, 5.41) is 5.77. The van der Waals surface area contributed by atoms with Gasteiger partial charge in [0.1, 0.15) is 17.7 Å². The fourth-order valence-electron chi connectivity index (χ4n) is 4.45. The zero-order valence-corrected chi connectivity index (χ0v) is 23.2. The number of alkyl carbamates (subject to hydrolysis) is 1. The molecule has 0 saturated heterocycles. The summed E-state index contributed by atoms with van der Waals surface area (Å²) in [5.74, 6) is 1.96. The third kappa shape index (κ3) is 7.38. The Bertz CT molecular complexity index is 1180. The van der Waals surface area contributed by atoms with Crippen LogP contribution in [0.3, 0.4) is 0 Å². The standard InChI is InChI=1S/C31H39N3O4/c1-8-23-16-12-13-17-24(23)27(28(35)32-19-22-14-10-9-11-15-22)34(25-18-21(25)4)29(36)26(20(2)3)33-30(37)38-31(5,6)7/h1,9-17,20-21,25-27H,18-19H2,2-7H3,(H,32,35)(H,33,37). The molecular weight excluding hydrogens is 478 g/mol. The molecule has 2 aromatic carbocycles. The molecule has 4 unspecified atom stereocenters. The van der Waals surface area contributed by atoms with E-state index in [-0.39, 0.29) is 29.7 Å². The summed E-state index contributed by atoms with van der Waals surface area (Å²) in [6.07, 6.45) is 5.90. The van der Waals surface area contributed by atoms with Gasteiger partial charge in [-0.1, -0.05) is 75.2 Å². The number of carbonyl (C=O) groups excluding carboxylic acids is 3. The lowest BCUT2D eigenvalue weighted by Crippen LogP contribution is -2.55. The van der Waals surface area contributed by atoms with Gasteiger partial charge in [0.05, 0.1) is 0 Å². The Kier molecular flexibility index (Phi) is 9.22. The van der Waals surface area contributed by atoms with Gasteiger partial charge in [0, 0.05) is 18.2 Å². The molecule has 1 aliphatic rings. The van der Waals surface area contributed by atoms with Gasteiger partial charge in [-0.05, 0) is 56.2 Å². The normalized spacial score (nSPS) is 18.1. The third-order valence-corrected chi connectivity index (χ3v) is 6.53. The second-order valence-electron chi connectivity index (χ2n) is 11.2. The molecule has 0 aliphatic heterocycles. The summed E-state index contributed by atoms with van der Waals surface area (Å²) in [5.41, 5.74) is 1.34. The minimum atomic E-state index is -0.963. The van der Waals surface area contributed by atoms with Gasteiger partial charge in [0.15, 0.2) is 0 Å². The van der Waals surface area contributed by atoms with E-state index in [9.17, 15) is 14.4 Å². The number of nitrogens with zero attached hydrogens (tertiary/aromatic N) is 1. The van der Waals surface area contributed by atoms with Crippen LogP contribution in [0.2, 0.25) is 0 Å². The van der Waals surface area contributed by atoms with Crippen molar-refractivity contribution in [2.24, 2.45) is 11.8 Å². The van der Waals surface area contributed by atoms with E-state index >= 15 is 0 Å². The molecule has 0 radical (unpaired) electrons. The fourth-order valence-corrected chi connectivity index (χ4v) is 4.45. The maximum Gasteiger partial charge on any atom is 0.408 e. The van der Waals surface area contributed by atoms with Gasteiger partial charge in [-0.2, -0.15) is 0 Å². The monoisotopic (exact) mass is 517 g/mol. The average Bonchev–Trinajstić information content (AvgIpc) is 3.58. The molecule has 0 spiro atoms. The summed E-state index contributed by atoms with van der Waals surface area (Å²) in [4.78, 5) is 42.4. The smallest absolute Gasteiger partial charge is 0.408 e. The maximum absolute atomic E-state index is 14.2. The minimum Gasteiger partial charge on any atom is -0.444 e. The van der Waals surface area contributed by atoms with Crippen LogP contribution in [0.4, 0.5) is 4.79 Å². The van der Waals surface area contributed by atoms with E-state index in [0.29, 0.717) is 17.7 Å². The van der Waals surface area contributed by atoms with E-state index in [0.717, 1.165) is 12.0 Å². The molecule has 0 bridgehead atoms. The topological polar surface area (TPSA) is 87.7 Å². The Morgan fingerprint density at radius 3 is 2.24 bits per heavy atom. The van der Waals surface area contributed by atoms with Crippen LogP contribution in [0, 0.1) is 24.2 Å².